The van der Waals surface area contributed by atoms with E-state index < -0.39 is 10.8 Å². The fourth-order valence-electron chi connectivity index (χ4n) is 1.08. The summed E-state index contributed by atoms with van der Waals surface area (Å²) in [4.78, 5) is 0. The SMILES string of the molecule is CS(=O)CCCOc1ccc(C#N)cc1. The molecule has 0 fully saturated rings. The quantitative estimate of drug-likeness (QED) is 0.714. The van der Waals surface area contributed by atoms with Crippen molar-refractivity contribution in [3.8, 4) is 11.8 Å². The van der Waals surface area contributed by atoms with Gasteiger partial charge in [0.25, 0.3) is 0 Å². The van der Waals surface area contributed by atoms with E-state index in [0.29, 0.717) is 17.9 Å². The van der Waals surface area contributed by atoms with Gasteiger partial charge in [-0.3, -0.25) is 4.21 Å². The van der Waals surface area contributed by atoms with Crippen LogP contribution in [0.4, 0.5) is 0 Å². The molecule has 1 unspecified atom stereocenters. The number of benzene rings is 1. The lowest BCUT2D eigenvalue weighted by Gasteiger charge is -2.04. The minimum atomic E-state index is -0.752. The summed E-state index contributed by atoms with van der Waals surface area (Å²) < 4.78 is 16.2. The first-order valence-electron chi connectivity index (χ1n) is 4.65. The molecule has 80 valence electrons. The van der Waals surface area contributed by atoms with Crippen molar-refractivity contribution >= 4 is 10.8 Å². The van der Waals surface area contributed by atoms with E-state index in [4.69, 9.17) is 10.00 Å². The monoisotopic (exact) mass is 223 g/mol. The molecule has 0 aliphatic rings. The van der Waals surface area contributed by atoms with Crippen molar-refractivity contribution in [1.82, 2.24) is 0 Å². The summed E-state index contributed by atoms with van der Waals surface area (Å²) in [6.07, 6.45) is 2.46. The third kappa shape index (κ3) is 4.61. The van der Waals surface area contributed by atoms with Crippen molar-refractivity contribution in [3.05, 3.63) is 29.8 Å². The zero-order chi connectivity index (χ0) is 11.1. The minimum Gasteiger partial charge on any atom is -0.494 e. The molecule has 0 aliphatic carbocycles. The van der Waals surface area contributed by atoms with E-state index in [1.165, 1.54) is 0 Å². The summed E-state index contributed by atoms with van der Waals surface area (Å²) in [5.74, 6) is 1.41. The van der Waals surface area contributed by atoms with E-state index in [-0.39, 0.29) is 0 Å². The van der Waals surface area contributed by atoms with Crippen molar-refractivity contribution < 1.29 is 8.95 Å². The van der Waals surface area contributed by atoms with Crippen molar-refractivity contribution in [2.24, 2.45) is 0 Å². The summed E-state index contributed by atoms with van der Waals surface area (Å²) in [6.45, 7) is 0.561. The van der Waals surface area contributed by atoms with Gasteiger partial charge in [0.15, 0.2) is 0 Å². The van der Waals surface area contributed by atoms with Gasteiger partial charge < -0.3 is 4.74 Å². The van der Waals surface area contributed by atoms with Crippen molar-refractivity contribution in [1.29, 1.82) is 5.26 Å². The highest BCUT2D eigenvalue weighted by atomic mass is 32.2. The highest BCUT2D eigenvalue weighted by Gasteiger charge is 1.95. The molecule has 0 aliphatic heterocycles. The molecule has 0 heterocycles. The first-order chi connectivity index (χ1) is 7.22. The van der Waals surface area contributed by atoms with Gasteiger partial charge in [-0.25, -0.2) is 0 Å². The predicted molar refractivity (Wildman–Crippen MR) is 60.2 cm³/mol. The van der Waals surface area contributed by atoms with Crippen molar-refractivity contribution in [3.63, 3.8) is 0 Å². The van der Waals surface area contributed by atoms with Crippen molar-refractivity contribution in [2.45, 2.75) is 6.42 Å². The van der Waals surface area contributed by atoms with E-state index in [1.807, 2.05) is 6.07 Å². The van der Waals surface area contributed by atoms with Crippen molar-refractivity contribution in [2.75, 3.05) is 18.6 Å². The number of rotatable bonds is 5. The van der Waals surface area contributed by atoms with Crippen LogP contribution in [0.3, 0.4) is 0 Å². The number of hydrogen-bond acceptors (Lipinski definition) is 3. The van der Waals surface area contributed by atoms with E-state index in [2.05, 4.69) is 0 Å². The fourth-order valence-corrected chi connectivity index (χ4v) is 1.60. The maximum atomic E-state index is 10.8. The van der Waals surface area contributed by atoms with Crippen LogP contribution < -0.4 is 4.74 Å². The molecule has 15 heavy (non-hydrogen) atoms. The molecule has 0 bridgehead atoms. The Morgan fingerprint density at radius 2 is 2.07 bits per heavy atom. The van der Waals surface area contributed by atoms with Gasteiger partial charge in [0, 0.05) is 22.8 Å². The maximum absolute atomic E-state index is 10.8. The fraction of sp³-hybridized carbons (Fsp3) is 0.364. The van der Waals surface area contributed by atoms with Crippen LogP contribution in [-0.2, 0) is 10.8 Å². The Kier molecular flexibility index (Phi) is 4.85. The largest absolute Gasteiger partial charge is 0.494 e. The van der Waals surface area contributed by atoms with E-state index in [1.54, 1.807) is 30.5 Å². The Hall–Kier alpha value is -1.34. The third-order valence-corrected chi connectivity index (χ3v) is 2.69. The number of hydrogen-bond donors (Lipinski definition) is 0. The van der Waals surface area contributed by atoms with Crippen LogP contribution in [0, 0.1) is 11.3 Å². The molecule has 0 amide bonds. The Morgan fingerprint density at radius 3 is 2.60 bits per heavy atom. The molecule has 4 heteroatoms. The van der Waals surface area contributed by atoms with Crippen LogP contribution in [0.25, 0.3) is 0 Å². The third-order valence-electron chi connectivity index (χ3n) is 1.83. The Morgan fingerprint density at radius 1 is 1.40 bits per heavy atom. The van der Waals surface area contributed by atoms with Gasteiger partial charge in [0.1, 0.15) is 5.75 Å². The Balaban J connectivity index is 2.32. The summed E-state index contributed by atoms with van der Waals surface area (Å²) in [7, 11) is -0.752. The first-order valence-corrected chi connectivity index (χ1v) is 6.38. The molecule has 0 spiro atoms. The van der Waals surface area contributed by atoms with Crippen LogP contribution in [0.5, 0.6) is 5.75 Å². The Labute approximate surface area is 92.1 Å². The second-order valence-electron chi connectivity index (χ2n) is 3.12. The normalized spacial score (nSPS) is 11.7. The first kappa shape index (κ1) is 11.7. The van der Waals surface area contributed by atoms with Gasteiger partial charge in [-0.1, -0.05) is 0 Å². The van der Waals surface area contributed by atoms with Gasteiger partial charge in [-0.2, -0.15) is 5.26 Å². The maximum Gasteiger partial charge on any atom is 0.119 e. The molecule has 0 N–H and O–H groups in total. The van der Waals surface area contributed by atoms with Gasteiger partial charge in [0.2, 0.25) is 0 Å². The highest BCUT2D eigenvalue weighted by molar-refractivity contribution is 7.84. The van der Waals surface area contributed by atoms with E-state index in [9.17, 15) is 4.21 Å². The average molecular weight is 223 g/mol. The zero-order valence-electron chi connectivity index (χ0n) is 8.60. The van der Waals surface area contributed by atoms with Gasteiger partial charge >= 0.3 is 0 Å². The molecular weight excluding hydrogens is 210 g/mol. The van der Waals surface area contributed by atoms with E-state index >= 15 is 0 Å². The van der Waals surface area contributed by atoms with Gasteiger partial charge in [0.05, 0.1) is 18.2 Å². The second kappa shape index (κ2) is 6.20. The lowest BCUT2D eigenvalue weighted by Crippen LogP contribution is -2.03. The van der Waals surface area contributed by atoms with Gasteiger partial charge in [-0.05, 0) is 30.7 Å². The van der Waals surface area contributed by atoms with Crippen LogP contribution in [0.15, 0.2) is 24.3 Å². The number of nitriles is 1. The lowest BCUT2D eigenvalue weighted by molar-refractivity contribution is 0.318. The topological polar surface area (TPSA) is 50.1 Å². The molecule has 3 nitrogen and oxygen atoms in total. The molecule has 1 aromatic carbocycles. The number of ether oxygens (including phenoxy) is 1. The standard InChI is InChI=1S/C11H13NO2S/c1-15(13)8-2-7-14-11-5-3-10(9-12)4-6-11/h3-6H,2,7-8H2,1H3. The summed E-state index contributed by atoms with van der Waals surface area (Å²) in [5.41, 5.74) is 0.622. The van der Waals surface area contributed by atoms with Crippen LogP contribution >= 0.6 is 0 Å². The molecule has 0 saturated carbocycles. The summed E-state index contributed by atoms with van der Waals surface area (Å²) in [6, 6.07) is 9.00. The van der Waals surface area contributed by atoms with Crippen LogP contribution in [-0.4, -0.2) is 22.8 Å². The predicted octanol–water partition coefficient (Wildman–Crippen LogP) is 1.71. The summed E-state index contributed by atoms with van der Waals surface area (Å²) in [5, 5.41) is 8.58. The average Bonchev–Trinajstić information content (AvgIpc) is 2.25. The Bertz CT molecular complexity index is 367. The van der Waals surface area contributed by atoms with Crippen LogP contribution in [0.2, 0.25) is 0 Å². The zero-order valence-corrected chi connectivity index (χ0v) is 9.42. The lowest BCUT2D eigenvalue weighted by atomic mass is 10.2. The summed E-state index contributed by atoms with van der Waals surface area (Å²) >= 11 is 0. The van der Waals surface area contributed by atoms with Crippen LogP contribution in [0.1, 0.15) is 12.0 Å². The molecule has 0 saturated heterocycles. The smallest absolute Gasteiger partial charge is 0.119 e. The molecule has 1 aromatic rings. The molecule has 1 atom stereocenters. The van der Waals surface area contributed by atoms with Gasteiger partial charge in [-0.15, -0.1) is 0 Å². The molecule has 0 radical (unpaired) electrons. The second-order valence-corrected chi connectivity index (χ2v) is 4.67. The molecule has 1 rings (SSSR count). The number of nitrogens with zero attached hydrogens (tertiary/aromatic N) is 1. The molecule has 0 aromatic heterocycles. The van der Waals surface area contributed by atoms with E-state index in [0.717, 1.165) is 12.2 Å². The molecular formula is C11H13NO2S. The highest BCUT2D eigenvalue weighted by Crippen LogP contribution is 2.11. The minimum absolute atomic E-state index is 0.561.